The molecule has 130 valence electrons. The fraction of sp³-hybridized carbons (Fsp3) is 0.0556. The van der Waals surface area contributed by atoms with Crippen molar-refractivity contribution in [2.45, 2.75) is 6.54 Å². The number of nitrogens with zero attached hydrogens (tertiary/aromatic N) is 4. The lowest BCUT2D eigenvalue weighted by Crippen LogP contribution is -2.04. The molecule has 0 aliphatic rings. The number of fused-ring (bicyclic) bond motifs is 1. The summed E-state index contributed by atoms with van der Waals surface area (Å²) in [7, 11) is 0. The Morgan fingerprint density at radius 2 is 1.85 bits per heavy atom. The quantitative estimate of drug-likeness (QED) is 0.497. The Morgan fingerprint density at radius 1 is 1.04 bits per heavy atom. The second-order valence-corrected chi connectivity index (χ2v) is 6.37. The van der Waals surface area contributed by atoms with Crippen LogP contribution in [0.4, 0.5) is 15.9 Å². The van der Waals surface area contributed by atoms with Crippen LogP contribution in [0.1, 0.15) is 5.56 Å². The van der Waals surface area contributed by atoms with Gasteiger partial charge in [0.05, 0.1) is 23.2 Å². The maximum atomic E-state index is 13.3. The van der Waals surface area contributed by atoms with Crippen LogP contribution in [0, 0.1) is 5.82 Å². The Labute approximate surface area is 158 Å². The fourth-order valence-corrected chi connectivity index (χ4v) is 2.95. The molecule has 5 nitrogen and oxygen atoms in total. The van der Waals surface area contributed by atoms with Gasteiger partial charge in [-0.05, 0) is 35.4 Å². The minimum absolute atomic E-state index is 0.0196. The summed E-state index contributed by atoms with van der Waals surface area (Å²) in [6.45, 7) is 0.555. The number of halogens is 3. The van der Waals surface area contributed by atoms with Crippen LogP contribution in [0.2, 0.25) is 10.3 Å². The third kappa shape index (κ3) is 3.34. The number of hydrogen-bond acceptors (Lipinski definition) is 4. The van der Waals surface area contributed by atoms with Gasteiger partial charge >= 0.3 is 0 Å². The average Bonchev–Trinajstić information content (AvgIpc) is 3.02. The summed E-state index contributed by atoms with van der Waals surface area (Å²) in [6.07, 6.45) is 1.67. The average molecular weight is 388 g/mol. The van der Waals surface area contributed by atoms with E-state index in [1.165, 1.54) is 12.1 Å². The van der Waals surface area contributed by atoms with Gasteiger partial charge in [0.25, 0.3) is 0 Å². The lowest BCUT2D eigenvalue weighted by molar-refractivity contribution is 0.628. The molecule has 8 heteroatoms. The van der Waals surface area contributed by atoms with Crippen LogP contribution in [0.25, 0.3) is 11.0 Å². The Morgan fingerprint density at radius 3 is 2.62 bits per heavy atom. The van der Waals surface area contributed by atoms with Crippen LogP contribution in [0.15, 0.2) is 54.7 Å². The van der Waals surface area contributed by atoms with E-state index in [1.807, 2.05) is 30.3 Å². The third-order valence-corrected chi connectivity index (χ3v) is 4.29. The summed E-state index contributed by atoms with van der Waals surface area (Å²) in [4.78, 5) is 8.52. The van der Waals surface area contributed by atoms with Crippen LogP contribution >= 0.6 is 23.2 Å². The molecule has 0 saturated heterocycles. The fourth-order valence-electron chi connectivity index (χ4n) is 2.61. The maximum Gasteiger partial charge on any atom is 0.226 e. The van der Waals surface area contributed by atoms with Gasteiger partial charge in [-0.1, -0.05) is 41.9 Å². The number of anilines is 2. The smallest absolute Gasteiger partial charge is 0.226 e. The summed E-state index contributed by atoms with van der Waals surface area (Å²) in [5, 5.41) is 8.29. The molecule has 1 N–H and O–H groups in total. The molecule has 26 heavy (non-hydrogen) atoms. The van der Waals surface area contributed by atoms with Gasteiger partial charge in [0, 0.05) is 5.69 Å². The molecular formula is C18H12Cl2FN5. The molecular weight excluding hydrogens is 376 g/mol. The van der Waals surface area contributed by atoms with Crippen molar-refractivity contribution < 1.29 is 4.39 Å². The Balaban J connectivity index is 1.72. The molecule has 0 spiro atoms. The number of nitrogens with one attached hydrogen (secondary N) is 1. The summed E-state index contributed by atoms with van der Waals surface area (Å²) in [6, 6.07) is 14.2. The largest absolute Gasteiger partial charge is 0.339 e. The number of aromatic nitrogens is 4. The summed E-state index contributed by atoms with van der Waals surface area (Å²) < 4.78 is 15.1. The second-order valence-electron chi connectivity index (χ2n) is 5.62. The highest BCUT2D eigenvalue weighted by Gasteiger charge is 2.13. The first kappa shape index (κ1) is 16.8. The normalized spacial score (nSPS) is 11.0. The molecule has 0 fully saturated rings. The topological polar surface area (TPSA) is 55.6 Å². The van der Waals surface area contributed by atoms with Gasteiger partial charge in [-0.25, -0.2) is 9.07 Å². The molecule has 2 aromatic heterocycles. The first-order valence-corrected chi connectivity index (χ1v) is 8.51. The van der Waals surface area contributed by atoms with Crippen molar-refractivity contribution >= 4 is 45.7 Å². The molecule has 0 bridgehead atoms. The molecule has 2 aromatic carbocycles. The second kappa shape index (κ2) is 6.90. The van der Waals surface area contributed by atoms with Gasteiger partial charge in [0.1, 0.15) is 11.6 Å². The van der Waals surface area contributed by atoms with Gasteiger partial charge in [-0.15, -0.1) is 0 Å². The van der Waals surface area contributed by atoms with E-state index in [9.17, 15) is 4.39 Å². The molecule has 0 atom stereocenters. The Bertz CT molecular complexity index is 1080. The molecule has 4 rings (SSSR count). The minimum Gasteiger partial charge on any atom is -0.339 e. The summed E-state index contributed by atoms with van der Waals surface area (Å²) in [5.41, 5.74) is 2.28. The van der Waals surface area contributed by atoms with E-state index >= 15 is 0 Å². The Hall–Kier alpha value is -2.70. The van der Waals surface area contributed by atoms with Crippen molar-refractivity contribution in [3.63, 3.8) is 0 Å². The van der Waals surface area contributed by atoms with E-state index in [1.54, 1.807) is 16.9 Å². The van der Waals surface area contributed by atoms with Crippen molar-refractivity contribution in [2.24, 2.45) is 0 Å². The standard InChI is InChI=1S/C18H12Cl2FN5/c19-14-8-12(6-7-15(14)21)23-16-13-9-22-26(17(13)25-18(20)24-16)10-11-4-2-1-3-5-11/h1-9H,10H2,(H,23,24,25). The van der Waals surface area contributed by atoms with E-state index < -0.39 is 5.82 Å². The van der Waals surface area contributed by atoms with Crippen molar-refractivity contribution in [1.29, 1.82) is 0 Å². The van der Waals surface area contributed by atoms with E-state index in [2.05, 4.69) is 20.4 Å². The number of rotatable bonds is 4. The maximum absolute atomic E-state index is 13.3. The Kier molecular flexibility index (Phi) is 4.44. The lowest BCUT2D eigenvalue weighted by Gasteiger charge is -2.08. The van der Waals surface area contributed by atoms with Crippen molar-refractivity contribution in [2.75, 3.05) is 5.32 Å². The minimum atomic E-state index is -0.487. The first-order chi connectivity index (χ1) is 12.6. The van der Waals surface area contributed by atoms with E-state index in [-0.39, 0.29) is 10.3 Å². The van der Waals surface area contributed by atoms with Gasteiger partial charge in [0.2, 0.25) is 5.28 Å². The van der Waals surface area contributed by atoms with Crippen molar-refractivity contribution in [1.82, 2.24) is 19.7 Å². The molecule has 0 radical (unpaired) electrons. The molecule has 0 saturated carbocycles. The molecule has 0 aliphatic heterocycles. The summed E-state index contributed by atoms with van der Waals surface area (Å²) in [5.74, 6) is -0.0132. The van der Waals surface area contributed by atoms with Gasteiger partial charge in [-0.3, -0.25) is 0 Å². The van der Waals surface area contributed by atoms with Crippen LogP contribution in [0.3, 0.4) is 0 Å². The number of benzene rings is 2. The first-order valence-electron chi connectivity index (χ1n) is 7.75. The highest BCUT2D eigenvalue weighted by atomic mass is 35.5. The van der Waals surface area contributed by atoms with Crippen molar-refractivity contribution in [3.8, 4) is 0 Å². The predicted molar refractivity (Wildman–Crippen MR) is 101 cm³/mol. The zero-order valence-electron chi connectivity index (χ0n) is 13.3. The molecule has 0 amide bonds. The van der Waals surface area contributed by atoms with E-state index in [0.717, 1.165) is 5.56 Å². The predicted octanol–water partition coefficient (Wildman–Crippen LogP) is 5.06. The zero-order valence-corrected chi connectivity index (χ0v) is 14.8. The molecule has 0 aliphatic carbocycles. The molecule has 2 heterocycles. The monoisotopic (exact) mass is 387 g/mol. The van der Waals surface area contributed by atoms with Crippen LogP contribution < -0.4 is 5.32 Å². The van der Waals surface area contributed by atoms with Gasteiger partial charge in [-0.2, -0.15) is 15.1 Å². The SMILES string of the molecule is Fc1ccc(Nc2nc(Cl)nc3c2cnn3Cc2ccccc2)cc1Cl. The van der Waals surface area contributed by atoms with Gasteiger partial charge < -0.3 is 5.32 Å². The lowest BCUT2D eigenvalue weighted by atomic mass is 10.2. The summed E-state index contributed by atoms with van der Waals surface area (Å²) >= 11 is 11.9. The van der Waals surface area contributed by atoms with E-state index in [0.29, 0.717) is 29.1 Å². The third-order valence-electron chi connectivity index (χ3n) is 3.83. The highest BCUT2D eigenvalue weighted by molar-refractivity contribution is 6.31. The van der Waals surface area contributed by atoms with Crippen molar-refractivity contribution in [3.05, 3.63) is 76.4 Å². The highest BCUT2D eigenvalue weighted by Crippen LogP contribution is 2.27. The van der Waals surface area contributed by atoms with Crippen LogP contribution in [-0.2, 0) is 6.54 Å². The molecule has 4 aromatic rings. The van der Waals surface area contributed by atoms with Crippen LogP contribution in [0.5, 0.6) is 0 Å². The van der Waals surface area contributed by atoms with E-state index in [4.69, 9.17) is 23.2 Å². The number of hydrogen-bond donors (Lipinski definition) is 1. The van der Waals surface area contributed by atoms with Crippen LogP contribution in [-0.4, -0.2) is 19.7 Å². The zero-order chi connectivity index (χ0) is 18.1. The van der Waals surface area contributed by atoms with Gasteiger partial charge in [0.15, 0.2) is 5.65 Å². The molecule has 0 unspecified atom stereocenters.